The first kappa shape index (κ1) is 20.9. The molecular weight excluding hydrogens is 386 g/mol. The molecule has 1 aromatic heterocycles. The lowest BCUT2D eigenvalue weighted by atomic mass is 9.97. The molecule has 1 unspecified atom stereocenters. The topological polar surface area (TPSA) is 81.9 Å². The second-order valence-electron chi connectivity index (χ2n) is 6.99. The van der Waals surface area contributed by atoms with E-state index >= 15 is 0 Å². The van der Waals surface area contributed by atoms with Gasteiger partial charge in [-0.2, -0.15) is 4.68 Å². The third-order valence-corrected chi connectivity index (χ3v) is 5.25. The van der Waals surface area contributed by atoms with Gasteiger partial charge in [0, 0.05) is 0 Å². The van der Waals surface area contributed by atoms with Crippen molar-refractivity contribution in [3.63, 3.8) is 0 Å². The van der Waals surface area contributed by atoms with Gasteiger partial charge in [-0.3, -0.25) is 4.79 Å². The monoisotopic (exact) mass is 411 g/mol. The summed E-state index contributed by atoms with van der Waals surface area (Å²) in [5, 5.41) is 15.5. The lowest BCUT2D eigenvalue weighted by Gasteiger charge is -2.21. The molecule has 1 heterocycles. The van der Waals surface area contributed by atoms with Gasteiger partial charge >= 0.3 is 0 Å². The van der Waals surface area contributed by atoms with E-state index in [1.165, 1.54) is 11.8 Å². The highest BCUT2D eigenvalue weighted by Crippen LogP contribution is 2.26. The van der Waals surface area contributed by atoms with Gasteiger partial charge in [0.25, 0.3) is 0 Å². The molecule has 0 spiro atoms. The maximum atomic E-state index is 12.6. The zero-order valence-corrected chi connectivity index (χ0v) is 17.6. The highest BCUT2D eigenvalue weighted by atomic mass is 32.2. The predicted molar refractivity (Wildman–Crippen MR) is 113 cm³/mol. The predicted octanol–water partition coefficient (Wildman–Crippen LogP) is 3.67. The van der Waals surface area contributed by atoms with Gasteiger partial charge < -0.3 is 10.1 Å². The number of amides is 1. The standard InChI is InChI=1S/C21H25N5O2S/c1-15(2)13-17(16-9-5-4-6-10-16)22-20(27)14-29-21-23-24-25-26(21)18-11-7-8-12-19(18)28-3/h4-12,15,17H,13-14H2,1-3H3,(H,22,27). The van der Waals surface area contributed by atoms with E-state index in [0.717, 1.165) is 17.7 Å². The van der Waals surface area contributed by atoms with Crippen LogP contribution in [-0.4, -0.2) is 39.0 Å². The van der Waals surface area contributed by atoms with Gasteiger partial charge in [-0.15, -0.1) is 5.10 Å². The number of para-hydroxylation sites is 2. The van der Waals surface area contributed by atoms with E-state index in [1.54, 1.807) is 11.8 Å². The Morgan fingerprint density at radius 1 is 1.14 bits per heavy atom. The minimum atomic E-state index is -0.0564. The second-order valence-corrected chi connectivity index (χ2v) is 7.94. The van der Waals surface area contributed by atoms with Crippen molar-refractivity contribution in [2.45, 2.75) is 31.5 Å². The normalized spacial score (nSPS) is 12.0. The summed E-state index contributed by atoms with van der Waals surface area (Å²) < 4.78 is 6.97. The molecule has 3 rings (SSSR count). The molecule has 29 heavy (non-hydrogen) atoms. The van der Waals surface area contributed by atoms with Crippen molar-refractivity contribution in [3.05, 3.63) is 60.2 Å². The lowest BCUT2D eigenvalue weighted by Crippen LogP contribution is -2.31. The van der Waals surface area contributed by atoms with Crippen LogP contribution in [0.2, 0.25) is 0 Å². The third kappa shape index (κ3) is 5.57. The number of nitrogens with one attached hydrogen (secondary N) is 1. The Kier molecular flexibility index (Phi) is 7.24. The summed E-state index contributed by atoms with van der Waals surface area (Å²) >= 11 is 1.29. The van der Waals surface area contributed by atoms with Gasteiger partial charge in [-0.1, -0.05) is 68.1 Å². The van der Waals surface area contributed by atoms with Crippen LogP contribution in [0.4, 0.5) is 0 Å². The van der Waals surface area contributed by atoms with Gasteiger partial charge in [0.1, 0.15) is 11.4 Å². The van der Waals surface area contributed by atoms with Crippen molar-refractivity contribution in [1.82, 2.24) is 25.5 Å². The first-order valence-corrected chi connectivity index (χ1v) is 10.5. The number of hydrogen-bond donors (Lipinski definition) is 1. The Labute approximate surface area is 174 Å². The van der Waals surface area contributed by atoms with Gasteiger partial charge in [0.2, 0.25) is 11.1 Å². The number of tetrazole rings is 1. The molecule has 0 bridgehead atoms. The SMILES string of the molecule is COc1ccccc1-n1nnnc1SCC(=O)NC(CC(C)C)c1ccccc1. The number of benzene rings is 2. The van der Waals surface area contributed by atoms with Crippen LogP contribution in [0.15, 0.2) is 59.8 Å². The van der Waals surface area contributed by atoms with E-state index in [1.807, 2.05) is 54.6 Å². The summed E-state index contributed by atoms with van der Waals surface area (Å²) in [4.78, 5) is 12.6. The Morgan fingerprint density at radius 2 is 1.86 bits per heavy atom. The van der Waals surface area contributed by atoms with Crippen LogP contribution in [0.3, 0.4) is 0 Å². The van der Waals surface area contributed by atoms with E-state index in [4.69, 9.17) is 4.74 Å². The van der Waals surface area contributed by atoms with Gasteiger partial charge in [0.05, 0.1) is 18.9 Å². The van der Waals surface area contributed by atoms with Crippen LogP contribution in [0, 0.1) is 5.92 Å². The molecular formula is C21H25N5O2S. The van der Waals surface area contributed by atoms with E-state index in [9.17, 15) is 4.79 Å². The van der Waals surface area contributed by atoms with Crippen LogP contribution in [0.1, 0.15) is 31.9 Å². The highest BCUT2D eigenvalue weighted by molar-refractivity contribution is 7.99. The number of methoxy groups -OCH3 is 1. The summed E-state index contributed by atoms with van der Waals surface area (Å²) in [7, 11) is 1.60. The molecule has 0 aliphatic heterocycles. The van der Waals surface area contributed by atoms with E-state index in [0.29, 0.717) is 16.8 Å². The highest BCUT2D eigenvalue weighted by Gasteiger charge is 2.18. The number of carbonyl (C=O) groups is 1. The van der Waals surface area contributed by atoms with Crippen LogP contribution in [0.5, 0.6) is 5.75 Å². The maximum Gasteiger partial charge on any atom is 0.230 e. The first-order chi connectivity index (χ1) is 14.1. The molecule has 0 radical (unpaired) electrons. The average Bonchev–Trinajstić information content (AvgIpc) is 3.20. The van der Waals surface area contributed by atoms with Crippen LogP contribution in [0.25, 0.3) is 5.69 Å². The largest absolute Gasteiger partial charge is 0.494 e. The maximum absolute atomic E-state index is 12.6. The molecule has 0 saturated heterocycles. The number of rotatable bonds is 9. The minimum Gasteiger partial charge on any atom is -0.494 e. The number of hydrogen-bond acceptors (Lipinski definition) is 6. The molecule has 1 N–H and O–H groups in total. The van der Waals surface area contributed by atoms with Crippen molar-refractivity contribution < 1.29 is 9.53 Å². The Morgan fingerprint density at radius 3 is 2.59 bits per heavy atom. The zero-order chi connectivity index (χ0) is 20.6. The molecule has 8 heteroatoms. The molecule has 152 valence electrons. The summed E-state index contributed by atoms with van der Waals surface area (Å²) in [6.45, 7) is 4.30. The molecule has 3 aromatic rings. The Bertz CT molecular complexity index is 930. The van der Waals surface area contributed by atoms with Crippen molar-refractivity contribution in [2.75, 3.05) is 12.9 Å². The average molecular weight is 412 g/mol. The smallest absolute Gasteiger partial charge is 0.230 e. The van der Waals surface area contributed by atoms with Crippen LogP contribution >= 0.6 is 11.8 Å². The van der Waals surface area contributed by atoms with Crippen molar-refractivity contribution in [1.29, 1.82) is 0 Å². The quantitative estimate of drug-likeness (QED) is 0.541. The zero-order valence-electron chi connectivity index (χ0n) is 16.8. The van der Waals surface area contributed by atoms with Gasteiger partial charge in [-0.05, 0) is 40.5 Å². The third-order valence-electron chi connectivity index (χ3n) is 4.33. The summed E-state index contributed by atoms with van der Waals surface area (Å²) in [6.07, 6.45) is 0.874. The second kappa shape index (κ2) is 10.1. The molecule has 1 atom stereocenters. The molecule has 7 nitrogen and oxygen atoms in total. The molecule has 0 fully saturated rings. The fourth-order valence-corrected chi connectivity index (χ4v) is 3.72. The fourth-order valence-electron chi connectivity index (χ4n) is 3.03. The summed E-state index contributed by atoms with van der Waals surface area (Å²) in [5.74, 6) is 1.29. The molecule has 2 aromatic carbocycles. The molecule has 0 aliphatic carbocycles. The molecule has 0 aliphatic rings. The first-order valence-electron chi connectivity index (χ1n) is 9.47. The molecule has 0 saturated carbocycles. The summed E-state index contributed by atoms with van der Waals surface area (Å²) in [6, 6.07) is 17.5. The number of aromatic nitrogens is 4. The van der Waals surface area contributed by atoms with E-state index in [-0.39, 0.29) is 17.7 Å². The number of thioether (sulfide) groups is 1. The van der Waals surface area contributed by atoms with Crippen LogP contribution < -0.4 is 10.1 Å². The summed E-state index contributed by atoms with van der Waals surface area (Å²) in [5.41, 5.74) is 1.84. The minimum absolute atomic E-state index is 0.0190. The van der Waals surface area contributed by atoms with E-state index in [2.05, 4.69) is 34.7 Å². The van der Waals surface area contributed by atoms with Crippen LogP contribution in [-0.2, 0) is 4.79 Å². The van der Waals surface area contributed by atoms with Gasteiger partial charge in [-0.25, -0.2) is 0 Å². The number of ether oxygens (including phenoxy) is 1. The Hall–Kier alpha value is -2.87. The van der Waals surface area contributed by atoms with E-state index < -0.39 is 0 Å². The van der Waals surface area contributed by atoms with Crippen molar-refractivity contribution >= 4 is 17.7 Å². The number of carbonyl (C=O) groups excluding carboxylic acids is 1. The van der Waals surface area contributed by atoms with Crippen molar-refractivity contribution in [3.8, 4) is 11.4 Å². The molecule has 1 amide bonds. The van der Waals surface area contributed by atoms with Crippen molar-refractivity contribution in [2.24, 2.45) is 5.92 Å². The van der Waals surface area contributed by atoms with Gasteiger partial charge in [0.15, 0.2) is 0 Å². The number of nitrogens with zero attached hydrogens (tertiary/aromatic N) is 4. The lowest BCUT2D eigenvalue weighted by molar-refractivity contribution is -0.119. The fraction of sp³-hybridized carbons (Fsp3) is 0.333. The Balaban J connectivity index is 1.67.